The van der Waals surface area contributed by atoms with E-state index in [1.54, 1.807) is 18.2 Å². The summed E-state index contributed by atoms with van der Waals surface area (Å²) in [6.07, 6.45) is 0.976. The fourth-order valence-corrected chi connectivity index (χ4v) is 4.35. The number of fused-ring (bicyclic) bond motifs is 1. The van der Waals surface area contributed by atoms with Crippen molar-refractivity contribution in [1.82, 2.24) is 4.90 Å². The van der Waals surface area contributed by atoms with Gasteiger partial charge in [-0.15, -0.1) is 0 Å². The third-order valence-electron chi connectivity index (χ3n) is 5.54. The molecule has 1 fully saturated rings. The molecule has 7 heteroatoms. The lowest BCUT2D eigenvalue weighted by Gasteiger charge is -2.36. The highest BCUT2D eigenvalue weighted by Crippen LogP contribution is 2.25. The number of benzene rings is 2. The Balaban J connectivity index is 1.41. The fraction of sp³-hybridized carbons (Fsp3) is 0.423. The van der Waals surface area contributed by atoms with Gasteiger partial charge in [0.1, 0.15) is 36.1 Å². The normalized spacial score (nSPS) is 20.0. The Morgan fingerprint density at radius 2 is 1.76 bits per heavy atom. The minimum atomic E-state index is -0.640. The number of hydrogen-bond acceptors (Lipinski definition) is 7. The average molecular weight is 454 g/mol. The zero-order valence-corrected chi connectivity index (χ0v) is 19.5. The van der Waals surface area contributed by atoms with E-state index in [0.29, 0.717) is 29.0 Å². The summed E-state index contributed by atoms with van der Waals surface area (Å²) in [6, 6.07) is 10.8. The predicted molar refractivity (Wildman–Crippen MR) is 126 cm³/mol. The summed E-state index contributed by atoms with van der Waals surface area (Å²) in [7, 11) is 0. The second-order valence-corrected chi connectivity index (χ2v) is 8.95. The molecule has 0 amide bonds. The third-order valence-corrected chi connectivity index (χ3v) is 5.54. The number of morpholine rings is 1. The first kappa shape index (κ1) is 23.3. The lowest BCUT2D eigenvalue weighted by atomic mass is 10.1. The van der Waals surface area contributed by atoms with E-state index < -0.39 is 6.10 Å². The molecule has 33 heavy (non-hydrogen) atoms. The van der Waals surface area contributed by atoms with Crippen LogP contribution in [0.15, 0.2) is 51.9 Å². The number of rotatable bonds is 7. The van der Waals surface area contributed by atoms with Crippen LogP contribution >= 0.6 is 0 Å². The first-order valence-electron chi connectivity index (χ1n) is 11.3. The standard InChI is InChI=1S/C26H31NO6/c1-16-7-17(2)9-22(8-16)33-25-15-31-24-10-21(5-6-23(24)26(25)29)30-14-20(28)13-27-11-18(3)32-19(4)12-27/h5-10,15,18-20,28H,11-14H2,1-4H3/t18-,19+,20-/m1/s1. The van der Waals surface area contributed by atoms with Gasteiger partial charge in [0.05, 0.1) is 17.6 Å². The van der Waals surface area contributed by atoms with Crippen LogP contribution in [0.4, 0.5) is 0 Å². The molecular formula is C26H31NO6. The zero-order chi connectivity index (χ0) is 23.5. The van der Waals surface area contributed by atoms with Gasteiger partial charge < -0.3 is 23.7 Å². The summed E-state index contributed by atoms with van der Waals surface area (Å²) in [5.74, 6) is 1.25. The van der Waals surface area contributed by atoms with Crippen LogP contribution in [0.25, 0.3) is 11.0 Å². The highest BCUT2D eigenvalue weighted by Gasteiger charge is 2.24. The van der Waals surface area contributed by atoms with E-state index in [2.05, 4.69) is 4.90 Å². The minimum Gasteiger partial charge on any atom is -0.491 e. The lowest BCUT2D eigenvalue weighted by Crippen LogP contribution is -2.48. The van der Waals surface area contributed by atoms with Gasteiger partial charge in [-0.25, -0.2) is 0 Å². The molecule has 1 aromatic heterocycles. The molecule has 1 aliphatic rings. The Kier molecular flexibility index (Phi) is 7.02. The van der Waals surface area contributed by atoms with Crippen LogP contribution in [0.3, 0.4) is 0 Å². The Morgan fingerprint density at radius 1 is 1.06 bits per heavy atom. The van der Waals surface area contributed by atoms with E-state index in [1.807, 2.05) is 45.9 Å². The van der Waals surface area contributed by atoms with E-state index in [0.717, 1.165) is 24.2 Å². The maximum atomic E-state index is 12.9. The molecule has 0 bridgehead atoms. The number of nitrogens with zero attached hydrogens (tertiary/aromatic N) is 1. The molecule has 1 saturated heterocycles. The molecule has 0 saturated carbocycles. The molecule has 4 rings (SSSR count). The van der Waals surface area contributed by atoms with Crippen molar-refractivity contribution < 1.29 is 23.7 Å². The molecule has 0 radical (unpaired) electrons. The van der Waals surface area contributed by atoms with E-state index in [-0.39, 0.29) is 30.0 Å². The van der Waals surface area contributed by atoms with Crippen molar-refractivity contribution in [2.75, 3.05) is 26.2 Å². The van der Waals surface area contributed by atoms with Gasteiger partial charge in [0, 0.05) is 25.7 Å². The monoisotopic (exact) mass is 453 g/mol. The van der Waals surface area contributed by atoms with E-state index in [4.69, 9.17) is 18.6 Å². The van der Waals surface area contributed by atoms with Gasteiger partial charge in [-0.2, -0.15) is 0 Å². The van der Waals surface area contributed by atoms with E-state index in [9.17, 15) is 9.90 Å². The molecule has 7 nitrogen and oxygen atoms in total. The van der Waals surface area contributed by atoms with Crippen molar-refractivity contribution in [1.29, 1.82) is 0 Å². The molecule has 2 aromatic carbocycles. The van der Waals surface area contributed by atoms with Crippen molar-refractivity contribution in [3.63, 3.8) is 0 Å². The van der Waals surface area contributed by atoms with E-state index in [1.165, 1.54) is 6.26 Å². The number of ether oxygens (including phenoxy) is 3. The van der Waals surface area contributed by atoms with Crippen LogP contribution in [0.5, 0.6) is 17.2 Å². The van der Waals surface area contributed by atoms with Crippen LogP contribution in [0.1, 0.15) is 25.0 Å². The molecule has 176 valence electrons. The van der Waals surface area contributed by atoms with Gasteiger partial charge >= 0.3 is 0 Å². The summed E-state index contributed by atoms with van der Waals surface area (Å²) in [5.41, 5.74) is 2.25. The average Bonchev–Trinajstić information content (AvgIpc) is 2.73. The van der Waals surface area contributed by atoms with Crippen LogP contribution in [0, 0.1) is 13.8 Å². The van der Waals surface area contributed by atoms with Crippen LogP contribution in [-0.2, 0) is 4.74 Å². The Labute approximate surface area is 193 Å². The minimum absolute atomic E-state index is 0.130. The van der Waals surface area contributed by atoms with Gasteiger partial charge in [0.25, 0.3) is 0 Å². The lowest BCUT2D eigenvalue weighted by molar-refractivity contribution is -0.0786. The molecule has 3 aromatic rings. The predicted octanol–water partition coefficient (Wildman–Crippen LogP) is 4.05. The summed E-state index contributed by atoms with van der Waals surface area (Å²) in [4.78, 5) is 15.1. The molecule has 3 atom stereocenters. The second kappa shape index (κ2) is 9.95. The van der Waals surface area contributed by atoms with Gasteiger partial charge in [-0.1, -0.05) is 6.07 Å². The molecule has 0 aliphatic carbocycles. The first-order valence-corrected chi connectivity index (χ1v) is 11.3. The van der Waals surface area contributed by atoms with Gasteiger partial charge in [-0.3, -0.25) is 9.69 Å². The maximum absolute atomic E-state index is 12.9. The highest BCUT2D eigenvalue weighted by atomic mass is 16.5. The Morgan fingerprint density at radius 3 is 2.45 bits per heavy atom. The van der Waals surface area contributed by atoms with Gasteiger partial charge in [0.15, 0.2) is 0 Å². The van der Waals surface area contributed by atoms with E-state index >= 15 is 0 Å². The Bertz CT molecular complexity index is 1140. The summed E-state index contributed by atoms with van der Waals surface area (Å²) in [5, 5.41) is 10.8. The number of aliphatic hydroxyl groups excluding tert-OH is 1. The van der Waals surface area contributed by atoms with Crippen LogP contribution < -0.4 is 14.9 Å². The molecular weight excluding hydrogens is 422 g/mol. The smallest absolute Gasteiger partial charge is 0.235 e. The number of hydrogen-bond donors (Lipinski definition) is 1. The topological polar surface area (TPSA) is 81.4 Å². The molecule has 0 spiro atoms. The van der Waals surface area contributed by atoms with Crippen molar-refractivity contribution in [2.45, 2.75) is 46.0 Å². The van der Waals surface area contributed by atoms with Crippen LogP contribution in [-0.4, -0.2) is 54.6 Å². The van der Waals surface area contributed by atoms with Crippen LogP contribution in [0.2, 0.25) is 0 Å². The summed E-state index contributed by atoms with van der Waals surface area (Å²) < 4.78 is 22.9. The maximum Gasteiger partial charge on any atom is 0.235 e. The largest absolute Gasteiger partial charge is 0.491 e. The summed E-state index contributed by atoms with van der Waals surface area (Å²) in [6.45, 7) is 10.2. The third kappa shape index (κ3) is 5.93. The van der Waals surface area contributed by atoms with Crippen molar-refractivity contribution in [3.8, 4) is 17.2 Å². The SMILES string of the molecule is Cc1cc(C)cc(Oc2coc3cc(OC[C@H](O)CN4C[C@@H](C)O[C@@H](C)C4)ccc3c2=O)c1. The molecule has 1 aliphatic heterocycles. The quantitative estimate of drug-likeness (QED) is 0.578. The second-order valence-electron chi connectivity index (χ2n) is 8.95. The van der Waals surface area contributed by atoms with Crippen molar-refractivity contribution in [2.24, 2.45) is 0 Å². The molecule has 2 heterocycles. The molecule has 0 unspecified atom stereocenters. The number of aliphatic hydroxyl groups is 1. The zero-order valence-electron chi connectivity index (χ0n) is 19.5. The van der Waals surface area contributed by atoms with Gasteiger partial charge in [0.2, 0.25) is 11.2 Å². The highest BCUT2D eigenvalue weighted by molar-refractivity contribution is 5.79. The number of aryl methyl sites for hydroxylation is 2. The van der Waals surface area contributed by atoms with Crippen molar-refractivity contribution in [3.05, 3.63) is 64.0 Å². The Hall–Kier alpha value is -2.87. The van der Waals surface area contributed by atoms with Crippen molar-refractivity contribution >= 4 is 11.0 Å². The first-order chi connectivity index (χ1) is 15.8. The molecule has 1 N–H and O–H groups in total. The fourth-order valence-electron chi connectivity index (χ4n) is 4.35. The number of β-amino-alcohol motifs (C(OH)–C–C–N with tert-alkyl or cyclic N) is 1. The summed E-state index contributed by atoms with van der Waals surface area (Å²) >= 11 is 0. The van der Waals surface area contributed by atoms with Gasteiger partial charge in [-0.05, 0) is 63.1 Å².